The van der Waals surface area contributed by atoms with Gasteiger partial charge in [-0.2, -0.15) is 0 Å². The molecule has 1 aliphatic heterocycles. The lowest BCUT2D eigenvalue weighted by atomic mass is 9.59. The predicted octanol–water partition coefficient (Wildman–Crippen LogP) is 5.33. The maximum absolute atomic E-state index is 13.8. The molecule has 1 N–H and O–H groups in total. The molecule has 4 atom stereocenters. The molecule has 1 heterocycles. The summed E-state index contributed by atoms with van der Waals surface area (Å²) in [6.45, 7) is 1.61. The van der Waals surface area contributed by atoms with Crippen LogP contribution in [0, 0.1) is 17.8 Å². The SMILES string of the molecule is CC1=CC(=O)C2=C(CC3C(=CCC4C(=O)N(c5ccc(Cl)cc5)C(=O)C43)C2c2ccc(O)cc2Cl)C1=O. The molecule has 2 aromatic rings. The Balaban J connectivity index is 1.50. The lowest BCUT2D eigenvalue weighted by Crippen LogP contribution is -2.39. The Labute approximate surface area is 222 Å². The molecule has 37 heavy (non-hydrogen) atoms. The summed E-state index contributed by atoms with van der Waals surface area (Å²) in [5, 5.41) is 10.7. The van der Waals surface area contributed by atoms with Crippen molar-refractivity contribution in [1.29, 1.82) is 0 Å². The number of amides is 2. The van der Waals surface area contributed by atoms with Crippen LogP contribution < -0.4 is 4.90 Å². The molecule has 1 fully saturated rings. The van der Waals surface area contributed by atoms with Crippen LogP contribution in [-0.2, 0) is 19.2 Å². The number of phenols is 1. The smallest absolute Gasteiger partial charge is 0.238 e. The Bertz CT molecular complexity index is 1520. The summed E-state index contributed by atoms with van der Waals surface area (Å²) < 4.78 is 0. The second-order valence-corrected chi connectivity index (χ2v) is 10.8. The number of imide groups is 1. The Morgan fingerprint density at radius 1 is 0.946 bits per heavy atom. The molecule has 2 aromatic carbocycles. The number of nitrogens with zero attached hydrogens (tertiary/aromatic N) is 1. The molecular weight excluding hydrogens is 513 g/mol. The summed E-state index contributed by atoms with van der Waals surface area (Å²) >= 11 is 12.6. The van der Waals surface area contributed by atoms with E-state index in [2.05, 4.69) is 0 Å². The molecule has 2 amide bonds. The third-order valence-corrected chi connectivity index (χ3v) is 8.52. The fourth-order valence-electron chi connectivity index (χ4n) is 6.33. The number of carbonyl (C=O) groups is 4. The van der Waals surface area contributed by atoms with Gasteiger partial charge in [0.2, 0.25) is 11.8 Å². The number of Topliss-reactive ketones (excluding diaryl/α,β-unsaturated/α-hetero) is 1. The molecule has 0 aromatic heterocycles. The van der Waals surface area contributed by atoms with Crippen molar-refractivity contribution in [3.63, 3.8) is 0 Å². The molecule has 186 valence electrons. The average Bonchev–Trinajstić information content (AvgIpc) is 3.12. The number of hydrogen-bond donors (Lipinski definition) is 1. The van der Waals surface area contributed by atoms with Crippen LogP contribution >= 0.6 is 23.2 Å². The number of rotatable bonds is 2. The van der Waals surface area contributed by atoms with Gasteiger partial charge in [0, 0.05) is 32.7 Å². The lowest BCUT2D eigenvalue weighted by Gasteiger charge is -2.42. The van der Waals surface area contributed by atoms with Crippen LogP contribution in [0.4, 0.5) is 5.69 Å². The number of aromatic hydroxyl groups is 1. The van der Waals surface area contributed by atoms with Crippen molar-refractivity contribution in [2.75, 3.05) is 4.90 Å². The van der Waals surface area contributed by atoms with Crippen molar-refractivity contribution in [1.82, 2.24) is 0 Å². The normalized spacial score (nSPS) is 27.1. The molecule has 0 radical (unpaired) electrons. The number of phenolic OH excluding ortho intramolecular Hbond substituents is 1. The van der Waals surface area contributed by atoms with Gasteiger partial charge in [-0.1, -0.05) is 40.9 Å². The largest absolute Gasteiger partial charge is 0.508 e. The van der Waals surface area contributed by atoms with Crippen LogP contribution in [-0.4, -0.2) is 28.5 Å². The van der Waals surface area contributed by atoms with Crippen molar-refractivity contribution in [2.24, 2.45) is 17.8 Å². The number of halogens is 2. The maximum atomic E-state index is 13.8. The van der Waals surface area contributed by atoms with Crippen molar-refractivity contribution in [2.45, 2.75) is 25.7 Å². The number of ketones is 2. The average molecular weight is 534 g/mol. The Morgan fingerprint density at radius 2 is 1.68 bits per heavy atom. The van der Waals surface area contributed by atoms with E-state index in [0.717, 1.165) is 5.57 Å². The first kappa shape index (κ1) is 23.9. The van der Waals surface area contributed by atoms with Gasteiger partial charge < -0.3 is 5.11 Å². The summed E-state index contributed by atoms with van der Waals surface area (Å²) in [7, 11) is 0. The van der Waals surface area contributed by atoms with Crippen molar-refractivity contribution < 1.29 is 24.3 Å². The number of benzene rings is 2. The quantitative estimate of drug-likeness (QED) is 0.320. The van der Waals surface area contributed by atoms with E-state index in [1.165, 1.54) is 23.1 Å². The molecule has 0 saturated carbocycles. The molecule has 8 heteroatoms. The highest BCUT2D eigenvalue weighted by Crippen LogP contribution is 2.56. The molecular formula is C29H21Cl2NO5. The molecule has 6 nitrogen and oxygen atoms in total. The molecule has 1 saturated heterocycles. The van der Waals surface area contributed by atoms with Gasteiger partial charge in [0.05, 0.1) is 17.5 Å². The summed E-state index contributed by atoms with van der Waals surface area (Å²) in [6, 6.07) is 11.1. The van der Waals surface area contributed by atoms with Crippen molar-refractivity contribution in [3.8, 4) is 5.75 Å². The molecule has 4 unspecified atom stereocenters. The van der Waals surface area contributed by atoms with Gasteiger partial charge in [0.25, 0.3) is 0 Å². The number of fused-ring (bicyclic) bond motifs is 3. The molecule has 0 spiro atoms. The number of anilines is 1. The molecule has 0 bridgehead atoms. The van der Waals surface area contributed by atoms with Crippen LogP contribution in [0.1, 0.15) is 31.2 Å². The Hall–Kier alpha value is -3.48. The van der Waals surface area contributed by atoms with Crippen molar-refractivity contribution >= 4 is 52.3 Å². The van der Waals surface area contributed by atoms with E-state index >= 15 is 0 Å². The third-order valence-electron chi connectivity index (χ3n) is 7.94. The highest BCUT2D eigenvalue weighted by atomic mass is 35.5. The van der Waals surface area contributed by atoms with E-state index in [1.807, 2.05) is 6.08 Å². The summed E-state index contributed by atoms with van der Waals surface area (Å²) in [5.74, 6) is -3.49. The van der Waals surface area contributed by atoms with Crippen LogP contribution in [0.25, 0.3) is 0 Å². The fourth-order valence-corrected chi connectivity index (χ4v) is 6.74. The second-order valence-electron chi connectivity index (χ2n) is 9.92. The topological polar surface area (TPSA) is 91.8 Å². The fraction of sp³-hybridized carbons (Fsp3) is 0.241. The van der Waals surface area contributed by atoms with Gasteiger partial charge in [-0.25, -0.2) is 0 Å². The van der Waals surface area contributed by atoms with Gasteiger partial charge >= 0.3 is 0 Å². The maximum Gasteiger partial charge on any atom is 0.238 e. The second kappa shape index (κ2) is 8.54. The van der Waals surface area contributed by atoms with E-state index in [1.54, 1.807) is 37.3 Å². The highest BCUT2D eigenvalue weighted by molar-refractivity contribution is 6.32. The zero-order valence-electron chi connectivity index (χ0n) is 19.7. The van der Waals surface area contributed by atoms with Gasteiger partial charge in [0.1, 0.15) is 5.75 Å². The van der Waals surface area contributed by atoms with Gasteiger partial charge in [0.15, 0.2) is 11.6 Å². The first-order valence-electron chi connectivity index (χ1n) is 12.0. The number of hydrogen-bond acceptors (Lipinski definition) is 5. The molecule has 3 aliphatic carbocycles. The summed E-state index contributed by atoms with van der Waals surface area (Å²) in [6.07, 6.45) is 3.80. The Kier molecular flexibility index (Phi) is 5.51. The first-order valence-corrected chi connectivity index (χ1v) is 12.7. The van der Waals surface area contributed by atoms with Gasteiger partial charge in [-0.3, -0.25) is 24.1 Å². The van der Waals surface area contributed by atoms with E-state index in [4.69, 9.17) is 23.2 Å². The van der Waals surface area contributed by atoms with E-state index in [-0.39, 0.29) is 40.6 Å². The van der Waals surface area contributed by atoms with E-state index in [0.29, 0.717) is 39.4 Å². The predicted molar refractivity (Wildman–Crippen MR) is 138 cm³/mol. The standard InChI is InChI=1S/C29H21Cl2NO5/c1-13-10-23(34)26-21(27(13)35)12-20-17(24(26)18-7-6-16(33)11-22(18)31)8-9-19-25(20)29(37)32(28(19)36)15-4-2-14(30)3-5-15/h2-8,10-11,19-20,24-25,33H,9,12H2,1H3. The number of carbonyl (C=O) groups excluding carboxylic acids is 4. The van der Waals surface area contributed by atoms with E-state index < -0.39 is 23.7 Å². The van der Waals surface area contributed by atoms with Crippen LogP contribution in [0.5, 0.6) is 5.75 Å². The van der Waals surface area contributed by atoms with E-state index in [9.17, 15) is 24.3 Å². The van der Waals surface area contributed by atoms with Crippen molar-refractivity contribution in [3.05, 3.63) is 92.5 Å². The summed E-state index contributed by atoms with van der Waals surface area (Å²) in [4.78, 5) is 55.1. The minimum absolute atomic E-state index is 0.0232. The monoisotopic (exact) mass is 533 g/mol. The number of allylic oxidation sites excluding steroid dienone is 6. The Morgan fingerprint density at radius 3 is 2.38 bits per heavy atom. The lowest BCUT2D eigenvalue weighted by molar-refractivity contribution is -0.123. The van der Waals surface area contributed by atoms with Crippen LogP contribution in [0.3, 0.4) is 0 Å². The highest BCUT2D eigenvalue weighted by Gasteiger charge is 2.56. The van der Waals surface area contributed by atoms with Crippen LogP contribution in [0.2, 0.25) is 10.0 Å². The van der Waals surface area contributed by atoms with Gasteiger partial charge in [-0.05, 0) is 73.7 Å². The molecule has 6 rings (SSSR count). The first-order chi connectivity index (χ1) is 17.7. The molecule has 4 aliphatic rings. The van der Waals surface area contributed by atoms with Gasteiger partial charge in [-0.15, -0.1) is 0 Å². The minimum atomic E-state index is -0.676. The zero-order valence-corrected chi connectivity index (χ0v) is 21.2. The summed E-state index contributed by atoms with van der Waals surface area (Å²) in [5.41, 5.74) is 2.90. The third kappa shape index (κ3) is 3.54. The minimum Gasteiger partial charge on any atom is -0.508 e. The zero-order chi connectivity index (χ0) is 26.2. The van der Waals surface area contributed by atoms with Crippen LogP contribution in [0.15, 0.2) is 76.9 Å².